The quantitative estimate of drug-likeness (QED) is 0.202. The first-order chi connectivity index (χ1) is 16.0. The lowest BCUT2D eigenvalue weighted by atomic mass is 9.99. The molecule has 0 spiro atoms. The zero-order chi connectivity index (χ0) is 25.4. The number of imidazole rings is 1. The predicted molar refractivity (Wildman–Crippen MR) is 120 cm³/mol. The molecule has 1 aliphatic rings. The molecule has 0 radical (unpaired) electrons. The molecule has 1 saturated heterocycles. The number of hydrogen-bond acceptors (Lipinski definition) is 7. The van der Waals surface area contributed by atoms with E-state index >= 15 is 0 Å². The van der Waals surface area contributed by atoms with Gasteiger partial charge < -0.3 is 37.1 Å². The Bertz CT molecular complexity index is 890. The average Bonchev–Trinajstić information content (AvgIpc) is 3.48. The number of rotatable bonds is 12. The van der Waals surface area contributed by atoms with Crippen LogP contribution >= 0.6 is 0 Å². The number of amides is 4. The van der Waals surface area contributed by atoms with E-state index < -0.39 is 60.2 Å². The Morgan fingerprint density at radius 1 is 1.24 bits per heavy atom. The molecule has 4 amide bonds. The van der Waals surface area contributed by atoms with Crippen molar-refractivity contribution in [3.63, 3.8) is 0 Å². The second-order valence-electron chi connectivity index (χ2n) is 8.51. The number of nitrogens with one attached hydrogen (secondary N) is 3. The highest BCUT2D eigenvalue weighted by Gasteiger charge is 2.39. The SMILES string of the molecule is CCC(C)C(N)C(=O)NC(CC(N)=O)C(=O)NC(Cc1cnc[nH]1)C(=O)N1CCCC1C(=O)O. The molecule has 2 heterocycles. The summed E-state index contributed by atoms with van der Waals surface area (Å²) in [5.41, 5.74) is 11.7. The molecule has 1 aliphatic heterocycles. The van der Waals surface area contributed by atoms with Gasteiger partial charge in [0.05, 0.1) is 18.8 Å². The minimum atomic E-state index is -1.36. The number of nitrogens with zero attached hydrogens (tertiary/aromatic N) is 2. The van der Waals surface area contributed by atoms with Crippen LogP contribution in [-0.4, -0.2) is 80.3 Å². The number of carbonyl (C=O) groups excluding carboxylic acids is 4. The molecule has 34 heavy (non-hydrogen) atoms. The van der Waals surface area contributed by atoms with Gasteiger partial charge in [0.1, 0.15) is 18.1 Å². The maximum absolute atomic E-state index is 13.2. The van der Waals surface area contributed by atoms with E-state index in [1.807, 2.05) is 6.92 Å². The summed E-state index contributed by atoms with van der Waals surface area (Å²) in [5.74, 6) is -4.16. The van der Waals surface area contributed by atoms with Gasteiger partial charge in [-0.25, -0.2) is 9.78 Å². The van der Waals surface area contributed by atoms with E-state index in [1.54, 1.807) is 6.92 Å². The number of hydrogen-bond donors (Lipinski definition) is 6. The van der Waals surface area contributed by atoms with Gasteiger partial charge in [-0.1, -0.05) is 20.3 Å². The van der Waals surface area contributed by atoms with Crippen LogP contribution in [0.3, 0.4) is 0 Å². The van der Waals surface area contributed by atoms with Crippen molar-refractivity contribution in [1.82, 2.24) is 25.5 Å². The molecule has 1 aromatic rings. The van der Waals surface area contributed by atoms with Crippen LogP contribution in [0.1, 0.15) is 45.2 Å². The lowest BCUT2D eigenvalue weighted by Gasteiger charge is -2.29. The second kappa shape index (κ2) is 12.1. The van der Waals surface area contributed by atoms with E-state index in [0.29, 0.717) is 25.0 Å². The summed E-state index contributed by atoms with van der Waals surface area (Å²) in [6.07, 6.45) is 3.82. The Morgan fingerprint density at radius 2 is 1.91 bits per heavy atom. The first-order valence-electron chi connectivity index (χ1n) is 11.2. The van der Waals surface area contributed by atoms with Crippen molar-refractivity contribution >= 4 is 29.6 Å². The maximum Gasteiger partial charge on any atom is 0.326 e. The zero-order valence-electron chi connectivity index (χ0n) is 19.3. The summed E-state index contributed by atoms with van der Waals surface area (Å²) in [5, 5.41) is 14.4. The highest BCUT2D eigenvalue weighted by Crippen LogP contribution is 2.19. The van der Waals surface area contributed by atoms with Crippen LogP contribution in [0, 0.1) is 5.92 Å². The van der Waals surface area contributed by atoms with Gasteiger partial charge in [0.2, 0.25) is 23.6 Å². The molecule has 8 N–H and O–H groups in total. The standard InChI is InChI=1S/C21H33N7O6/c1-3-11(2)17(23)19(31)26-13(8-16(22)29)18(30)27-14(7-12-9-24-10-25-12)20(32)28-6-4-5-15(28)21(33)34/h9-11,13-15,17H,3-8,23H2,1-2H3,(H2,22,29)(H,24,25)(H,26,31)(H,27,30)(H,33,34). The summed E-state index contributed by atoms with van der Waals surface area (Å²) in [7, 11) is 0. The van der Waals surface area contributed by atoms with Crippen molar-refractivity contribution in [2.24, 2.45) is 17.4 Å². The molecule has 2 rings (SSSR count). The van der Waals surface area contributed by atoms with Crippen LogP contribution in [0.15, 0.2) is 12.5 Å². The highest BCUT2D eigenvalue weighted by atomic mass is 16.4. The molecular formula is C21H33N7O6. The van der Waals surface area contributed by atoms with Crippen LogP contribution in [-0.2, 0) is 30.4 Å². The van der Waals surface area contributed by atoms with Crippen LogP contribution < -0.4 is 22.1 Å². The average molecular weight is 480 g/mol. The smallest absolute Gasteiger partial charge is 0.326 e. The molecule has 5 atom stereocenters. The van der Waals surface area contributed by atoms with Gasteiger partial charge >= 0.3 is 5.97 Å². The number of likely N-dealkylation sites (tertiary alicyclic amines) is 1. The number of aromatic amines is 1. The first kappa shape index (κ1) is 26.8. The lowest BCUT2D eigenvalue weighted by Crippen LogP contribution is -2.58. The third-order valence-corrected chi connectivity index (χ3v) is 6.01. The van der Waals surface area contributed by atoms with Gasteiger partial charge in [0.15, 0.2) is 0 Å². The Hall–Kier alpha value is -3.48. The number of carbonyl (C=O) groups is 5. The lowest BCUT2D eigenvalue weighted by molar-refractivity contribution is -0.149. The van der Waals surface area contributed by atoms with Gasteiger partial charge in [-0.3, -0.25) is 19.2 Å². The minimum Gasteiger partial charge on any atom is -0.480 e. The fourth-order valence-corrected chi connectivity index (χ4v) is 3.77. The fourth-order valence-electron chi connectivity index (χ4n) is 3.77. The number of H-pyrrole nitrogens is 1. The number of nitrogens with two attached hydrogens (primary N) is 2. The van der Waals surface area contributed by atoms with E-state index in [1.165, 1.54) is 17.4 Å². The topological polar surface area (TPSA) is 214 Å². The summed E-state index contributed by atoms with van der Waals surface area (Å²) < 4.78 is 0. The van der Waals surface area contributed by atoms with Gasteiger partial charge in [-0.15, -0.1) is 0 Å². The number of carboxylic acid groups (broad SMARTS) is 1. The van der Waals surface area contributed by atoms with Crippen LogP contribution in [0.4, 0.5) is 0 Å². The number of primary amides is 1. The third kappa shape index (κ3) is 7.01. The summed E-state index contributed by atoms with van der Waals surface area (Å²) in [6.45, 7) is 3.87. The third-order valence-electron chi connectivity index (χ3n) is 6.01. The van der Waals surface area contributed by atoms with Crippen LogP contribution in [0.5, 0.6) is 0 Å². The second-order valence-corrected chi connectivity index (χ2v) is 8.51. The molecule has 13 nitrogen and oxygen atoms in total. The fraction of sp³-hybridized carbons (Fsp3) is 0.619. The first-order valence-corrected chi connectivity index (χ1v) is 11.2. The summed E-state index contributed by atoms with van der Waals surface area (Å²) in [6, 6.07) is -4.42. The van der Waals surface area contributed by atoms with Gasteiger partial charge in [-0.2, -0.15) is 0 Å². The van der Waals surface area contributed by atoms with Crippen LogP contribution in [0.2, 0.25) is 0 Å². The molecule has 1 fully saturated rings. The molecule has 13 heteroatoms. The van der Waals surface area contributed by atoms with E-state index in [9.17, 15) is 29.1 Å². The number of aliphatic carboxylic acids is 1. The predicted octanol–water partition coefficient (Wildman–Crippen LogP) is -1.75. The van der Waals surface area contributed by atoms with Crippen LogP contribution in [0.25, 0.3) is 0 Å². The van der Waals surface area contributed by atoms with Gasteiger partial charge in [0.25, 0.3) is 0 Å². The molecule has 0 saturated carbocycles. The molecule has 0 bridgehead atoms. The van der Waals surface area contributed by atoms with Crippen molar-refractivity contribution in [3.8, 4) is 0 Å². The summed E-state index contributed by atoms with van der Waals surface area (Å²) in [4.78, 5) is 69.9. The van der Waals surface area contributed by atoms with Gasteiger partial charge in [-0.05, 0) is 18.8 Å². The number of carboxylic acids is 1. The number of aromatic nitrogens is 2. The molecule has 0 aliphatic carbocycles. The normalized spacial score (nSPS) is 19.0. The Kier molecular flexibility index (Phi) is 9.54. The van der Waals surface area contributed by atoms with E-state index in [2.05, 4.69) is 20.6 Å². The Morgan fingerprint density at radius 3 is 2.47 bits per heavy atom. The maximum atomic E-state index is 13.2. The summed E-state index contributed by atoms with van der Waals surface area (Å²) >= 11 is 0. The van der Waals surface area contributed by atoms with E-state index in [4.69, 9.17) is 11.5 Å². The Balaban J connectivity index is 2.22. The largest absolute Gasteiger partial charge is 0.480 e. The molecule has 5 unspecified atom stereocenters. The zero-order valence-corrected chi connectivity index (χ0v) is 19.3. The van der Waals surface area contributed by atoms with Crippen molar-refractivity contribution in [3.05, 3.63) is 18.2 Å². The van der Waals surface area contributed by atoms with E-state index in [-0.39, 0.29) is 18.9 Å². The van der Waals surface area contributed by atoms with Crippen molar-refractivity contribution in [1.29, 1.82) is 0 Å². The van der Waals surface area contributed by atoms with Crippen molar-refractivity contribution in [2.45, 2.75) is 70.1 Å². The van der Waals surface area contributed by atoms with Gasteiger partial charge in [0, 0.05) is 24.9 Å². The highest BCUT2D eigenvalue weighted by molar-refractivity contribution is 5.96. The van der Waals surface area contributed by atoms with E-state index in [0.717, 1.165) is 0 Å². The Labute approximate surface area is 197 Å². The molecule has 0 aromatic carbocycles. The monoisotopic (exact) mass is 479 g/mol. The molecular weight excluding hydrogens is 446 g/mol. The van der Waals surface area contributed by atoms with Crippen molar-refractivity contribution in [2.75, 3.05) is 6.54 Å². The minimum absolute atomic E-state index is 0.00294. The molecule has 1 aromatic heterocycles. The molecule has 188 valence electrons. The van der Waals surface area contributed by atoms with Crippen molar-refractivity contribution < 1.29 is 29.1 Å².